The predicted octanol–water partition coefficient (Wildman–Crippen LogP) is -0.715. The first kappa shape index (κ1) is 9.14. The van der Waals surface area contributed by atoms with Crippen molar-refractivity contribution in [2.45, 2.75) is 25.4 Å². The van der Waals surface area contributed by atoms with E-state index in [0.717, 1.165) is 13.0 Å². The topological polar surface area (TPSA) is 82.7 Å². The zero-order valence-electron chi connectivity index (χ0n) is 7.95. The number of carbonyl (C=O) groups is 1. The summed E-state index contributed by atoms with van der Waals surface area (Å²) in [5.74, 6) is -0.167. The van der Waals surface area contributed by atoms with Gasteiger partial charge in [-0.05, 0) is 13.3 Å². The predicted molar refractivity (Wildman–Crippen MR) is 49.7 cm³/mol. The SMILES string of the molecule is CC1CC(NC(=O)c2cn[nH]n2)CN1. The molecule has 6 heteroatoms. The largest absolute Gasteiger partial charge is 0.347 e. The van der Waals surface area contributed by atoms with Gasteiger partial charge in [0.2, 0.25) is 0 Å². The molecule has 0 aromatic carbocycles. The van der Waals surface area contributed by atoms with Crippen molar-refractivity contribution in [3.63, 3.8) is 0 Å². The Morgan fingerprint density at radius 2 is 2.57 bits per heavy atom. The van der Waals surface area contributed by atoms with Crippen LogP contribution in [-0.4, -0.2) is 39.9 Å². The van der Waals surface area contributed by atoms with Gasteiger partial charge in [0.05, 0.1) is 6.20 Å². The van der Waals surface area contributed by atoms with Gasteiger partial charge in [-0.3, -0.25) is 4.79 Å². The van der Waals surface area contributed by atoms with Crippen LogP contribution in [0.3, 0.4) is 0 Å². The Balaban J connectivity index is 1.89. The highest BCUT2D eigenvalue weighted by Crippen LogP contribution is 2.05. The standard InChI is InChI=1S/C8H13N5O/c1-5-2-6(3-9-5)11-8(14)7-4-10-13-12-7/h4-6,9H,2-3H2,1H3,(H,11,14)(H,10,12,13). The number of carbonyl (C=O) groups excluding carboxylic acids is 1. The summed E-state index contributed by atoms with van der Waals surface area (Å²) in [5.41, 5.74) is 0.338. The van der Waals surface area contributed by atoms with Crippen LogP contribution in [0.5, 0.6) is 0 Å². The molecule has 2 rings (SSSR count). The molecule has 1 saturated heterocycles. The zero-order valence-corrected chi connectivity index (χ0v) is 7.95. The van der Waals surface area contributed by atoms with Crippen LogP contribution in [0.25, 0.3) is 0 Å². The molecule has 14 heavy (non-hydrogen) atoms. The van der Waals surface area contributed by atoms with Gasteiger partial charge in [-0.2, -0.15) is 15.4 Å². The van der Waals surface area contributed by atoms with E-state index in [1.165, 1.54) is 6.20 Å². The normalized spacial score (nSPS) is 26.4. The number of aromatic amines is 1. The monoisotopic (exact) mass is 195 g/mol. The number of rotatable bonds is 2. The van der Waals surface area contributed by atoms with Crippen LogP contribution in [0.1, 0.15) is 23.8 Å². The fourth-order valence-electron chi connectivity index (χ4n) is 1.62. The first-order chi connectivity index (χ1) is 6.75. The molecule has 0 saturated carbocycles. The van der Waals surface area contributed by atoms with Crippen LogP contribution in [-0.2, 0) is 0 Å². The Morgan fingerprint density at radius 3 is 3.14 bits per heavy atom. The van der Waals surface area contributed by atoms with Gasteiger partial charge >= 0.3 is 0 Å². The third-order valence-electron chi connectivity index (χ3n) is 2.33. The van der Waals surface area contributed by atoms with Crippen LogP contribution < -0.4 is 10.6 Å². The molecule has 1 aromatic rings. The Hall–Kier alpha value is -1.43. The van der Waals surface area contributed by atoms with Crippen molar-refractivity contribution >= 4 is 5.91 Å². The Kier molecular flexibility index (Phi) is 2.45. The highest BCUT2D eigenvalue weighted by atomic mass is 16.2. The summed E-state index contributed by atoms with van der Waals surface area (Å²) in [5, 5.41) is 15.8. The minimum Gasteiger partial charge on any atom is -0.347 e. The lowest BCUT2D eigenvalue weighted by Crippen LogP contribution is -2.36. The van der Waals surface area contributed by atoms with E-state index in [1.807, 2.05) is 0 Å². The molecule has 0 bridgehead atoms. The van der Waals surface area contributed by atoms with Crippen molar-refractivity contribution in [3.05, 3.63) is 11.9 Å². The van der Waals surface area contributed by atoms with Gasteiger partial charge in [-0.15, -0.1) is 0 Å². The lowest BCUT2D eigenvalue weighted by atomic mass is 10.2. The molecule has 2 heterocycles. The third kappa shape index (κ3) is 1.90. The Bertz CT molecular complexity index is 310. The molecule has 76 valence electrons. The van der Waals surface area contributed by atoms with E-state index in [2.05, 4.69) is 33.0 Å². The second kappa shape index (κ2) is 3.75. The highest BCUT2D eigenvalue weighted by molar-refractivity contribution is 5.92. The van der Waals surface area contributed by atoms with E-state index >= 15 is 0 Å². The van der Waals surface area contributed by atoms with Crippen molar-refractivity contribution < 1.29 is 4.79 Å². The lowest BCUT2D eigenvalue weighted by Gasteiger charge is -2.09. The number of amides is 1. The van der Waals surface area contributed by atoms with Gasteiger partial charge in [0.25, 0.3) is 5.91 Å². The molecule has 3 N–H and O–H groups in total. The maximum atomic E-state index is 11.5. The maximum Gasteiger partial charge on any atom is 0.273 e. The van der Waals surface area contributed by atoms with Gasteiger partial charge in [0.1, 0.15) is 0 Å². The van der Waals surface area contributed by atoms with Crippen molar-refractivity contribution in [2.24, 2.45) is 0 Å². The van der Waals surface area contributed by atoms with Gasteiger partial charge < -0.3 is 10.6 Å². The van der Waals surface area contributed by atoms with Crippen molar-refractivity contribution in [1.82, 2.24) is 26.0 Å². The summed E-state index contributed by atoms with van der Waals surface area (Å²) in [4.78, 5) is 11.5. The van der Waals surface area contributed by atoms with Crippen LogP contribution in [0.4, 0.5) is 0 Å². The third-order valence-corrected chi connectivity index (χ3v) is 2.33. The molecular formula is C8H13N5O. The molecule has 0 spiro atoms. The summed E-state index contributed by atoms with van der Waals surface area (Å²) in [6.07, 6.45) is 2.38. The molecule has 2 atom stereocenters. The van der Waals surface area contributed by atoms with Crippen molar-refractivity contribution in [2.75, 3.05) is 6.54 Å². The Morgan fingerprint density at radius 1 is 1.71 bits per heavy atom. The molecule has 0 aliphatic carbocycles. The van der Waals surface area contributed by atoms with Gasteiger partial charge in [-0.25, -0.2) is 0 Å². The van der Waals surface area contributed by atoms with Gasteiger partial charge in [0, 0.05) is 18.6 Å². The molecule has 1 amide bonds. The van der Waals surface area contributed by atoms with Crippen LogP contribution in [0, 0.1) is 0 Å². The van der Waals surface area contributed by atoms with E-state index in [4.69, 9.17) is 0 Å². The average molecular weight is 195 g/mol. The minimum absolute atomic E-state index is 0.167. The number of nitrogens with one attached hydrogen (secondary N) is 3. The summed E-state index contributed by atoms with van der Waals surface area (Å²) < 4.78 is 0. The molecule has 1 aliphatic rings. The van der Waals surface area contributed by atoms with E-state index < -0.39 is 0 Å². The summed E-state index contributed by atoms with van der Waals surface area (Å²) in [6, 6.07) is 0.673. The van der Waals surface area contributed by atoms with Gasteiger partial charge in [-0.1, -0.05) is 0 Å². The van der Waals surface area contributed by atoms with Gasteiger partial charge in [0.15, 0.2) is 5.69 Å². The highest BCUT2D eigenvalue weighted by Gasteiger charge is 2.23. The van der Waals surface area contributed by atoms with E-state index in [-0.39, 0.29) is 11.9 Å². The maximum absolute atomic E-state index is 11.5. The van der Waals surface area contributed by atoms with E-state index in [1.54, 1.807) is 0 Å². The zero-order chi connectivity index (χ0) is 9.97. The molecule has 1 aliphatic heterocycles. The molecule has 1 fully saturated rings. The molecule has 1 aromatic heterocycles. The number of H-pyrrole nitrogens is 1. The Labute approximate surface area is 81.5 Å². The molecular weight excluding hydrogens is 182 g/mol. The van der Waals surface area contributed by atoms with Crippen LogP contribution in [0.15, 0.2) is 6.20 Å². The fourth-order valence-corrected chi connectivity index (χ4v) is 1.62. The first-order valence-corrected chi connectivity index (χ1v) is 4.65. The van der Waals surface area contributed by atoms with E-state index in [0.29, 0.717) is 11.7 Å². The fraction of sp³-hybridized carbons (Fsp3) is 0.625. The molecule has 6 nitrogen and oxygen atoms in total. The second-order valence-corrected chi connectivity index (χ2v) is 3.57. The number of hydrogen-bond acceptors (Lipinski definition) is 4. The minimum atomic E-state index is -0.167. The average Bonchev–Trinajstić information content (AvgIpc) is 2.75. The smallest absolute Gasteiger partial charge is 0.273 e. The molecule has 2 unspecified atom stereocenters. The summed E-state index contributed by atoms with van der Waals surface area (Å²) >= 11 is 0. The summed E-state index contributed by atoms with van der Waals surface area (Å²) in [6.45, 7) is 2.92. The summed E-state index contributed by atoms with van der Waals surface area (Å²) in [7, 11) is 0. The van der Waals surface area contributed by atoms with Crippen LogP contribution in [0.2, 0.25) is 0 Å². The van der Waals surface area contributed by atoms with Crippen molar-refractivity contribution in [3.8, 4) is 0 Å². The number of aromatic nitrogens is 3. The first-order valence-electron chi connectivity index (χ1n) is 4.65. The lowest BCUT2D eigenvalue weighted by molar-refractivity contribution is 0.0934. The molecule has 0 radical (unpaired) electrons. The van der Waals surface area contributed by atoms with Crippen molar-refractivity contribution in [1.29, 1.82) is 0 Å². The second-order valence-electron chi connectivity index (χ2n) is 3.57. The number of hydrogen-bond donors (Lipinski definition) is 3. The number of nitrogens with zero attached hydrogens (tertiary/aromatic N) is 2. The van der Waals surface area contributed by atoms with Crippen LogP contribution >= 0.6 is 0 Å². The van der Waals surface area contributed by atoms with E-state index in [9.17, 15) is 4.79 Å². The quantitative estimate of drug-likeness (QED) is 0.582.